The van der Waals surface area contributed by atoms with Gasteiger partial charge in [-0.3, -0.25) is 56.2 Å². The molecule has 18 rings (SSSR count). The SMILES string of the molecule is C=P(C)(C)CC[C@H]1OC(n2cnc3c(=O)[nH]c(C)nc32)[C@H](Br)[C@@H]1O.C=P(C)(C)CC[C@H]1OC(n2cnc3c(=O)[nH]c(C)nc32)[C@H](C)[C@@H]1O.C=P(C)(C)CC[C@H]1OC(n2cnc3c(=O)[nH]c(C)nc32)[C@H](Cl)[C@@H]1O.C=P(C)(C)CC[C@H]1OC(n2cnc3c(=O)[nH]c(C)nc32)[C@H](Cl)[C@@H]1O.C=P(C)(C)CC[C@H]1OC(n2cnc3c(=O)[nH]c(C)nc32)[C@H](F)[C@@H]1O.C=P(C)(C)CC[C@H]1OC(n2cnc3c(=O)[nH]c(C)nc32)[C@H](OC)[C@@H]1O. The normalized spacial score (nSPS) is 27.8. The summed E-state index contributed by atoms with van der Waals surface area (Å²) in [5.41, 5.74) is 2.00. The lowest BCUT2D eigenvalue weighted by Gasteiger charge is -2.20. The van der Waals surface area contributed by atoms with E-state index in [0.717, 1.165) is 49.8 Å². The third-order valence-electron chi connectivity index (χ3n) is 25.5. The number of aromatic amines is 6. The number of hydrogen-bond donors (Lipinski definition) is 12. The molecule has 6 aliphatic rings. The molecule has 145 heavy (non-hydrogen) atoms. The molecule has 0 bridgehead atoms. The summed E-state index contributed by atoms with van der Waals surface area (Å²) in [5.74, 6) is 2.80. The predicted octanol–water partition coefficient (Wildman–Crippen LogP) is 7.68. The maximum absolute atomic E-state index is 14.6. The Balaban J connectivity index is 0.000000146. The highest BCUT2D eigenvalue weighted by molar-refractivity contribution is 9.09. The number of aromatic nitrogens is 24. The molecule has 0 saturated carbocycles. The average Bonchev–Trinajstić information content (AvgIpc) is 1.60. The Hall–Kier alpha value is -7.63. The molecule has 43 nitrogen and oxygen atoms in total. The van der Waals surface area contributed by atoms with Crippen LogP contribution in [0.25, 0.3) is 67.0 Å². The molecular formula is C92H138BrCl2FN24O19P6. The highest BCUT2D eigenvalue weighted by Crippen LogP contribution is 2.49. The molecule has 24 atom stereocenters. The van der Waals surface area contributed by atoms with E-state index < -0.39 is 138 Å². The molecule has 6 aliphatic heterocycles. The first kappa shape index (κ1) is 114. The Morgan fingerprint density at radius 1 is 0.338 bits per heavy atom. The molecule has 0 spiro atoms. The van der Waals surface area contributed by atoms with E-state index >= 15 is 0 Å². The van der Waals surface area contributed by atoms with Crippen molar-refractivity contribution in [3.05, 3.63) is 135 Å². The minimum atomic E-state index is -1.61. The molecule has 0 aromatic carbocycles. The van der Waals surface area contributed by atoms with Gasteiger partial charge in [0, 0.05) is 13.0 Å². The van der Waals surface area contributed by atoms with E-state index in [1.807, 2.05) is 6.92 Å². The van der Waals surface area contributed by atoms with Gasteiger partial charge in [-0.25, -0.2) is 64.2 Å². The van der Waals surface area contributed by atoms with Crippen LogP contribution in [0.2, 0.25) is 0 Å². The third kappa shape index (κ3) is 27.3. The molecule has 12 N–H and O–H groups in total. The quantitative estimate of drug-likeness (QED) is 0.0193. The summed E-state index contributed by atoms with van der Waals surface area (Å²) in [6, 6.07) is 0. The van der Waals surface area contributed by atoms with Crippen LogP contribution in [0.15, 0.2) is 66.7 Å². The number of imidazole rings is 6. The van der Waals surface area contributed by atoms with Gasteiger partial charge in [-0.2, -0.15) is 0 Å². The van der Waals surface area contributed by atoms with Gasteiger partial charge in [0.1, 0.15) is 82.4 Å². The van der Waals surface area contributed by atoms with Crippen molar-refractivity contribution in [1.29, 1.82) is 0 Å². The number of aliphatic hydroxyl groups excluding tert-OH is 6. The van der Waals surface area contributed by atoms with Crippen molar-refractivity contribution in [1.82, 2.24) is 117 Å². The van der Waals surface area contributed by atoms with E-state index in [-0.39, 0.29) is 114 Å². The van der Waals surface area contributed by atoms with Crippen molar-refractivity contribution in [2.24, 2.45) is 5.92 Å². The van der Waals surface area contributed by atoms with Gasteiger partial charge < -0.3 is 93.7 Å². The fourth-order valence-corrected chi connectivity index (χ4v) is 24.9. The van der Waals surface area contributed by atoms with E-state index in [1.54, 1.807) is 77.0 Å². The summed E-state index contributed by atoms with van der Waals surface area (Å²) in [6.45, 7) is 30.6. The zero-order valence-electron chi connectivity index (χ0n) is 85.3. The van der Waals surface area contributed by atoms with Crippen molar-refractivity contribution in [2.45, 2.75) is 225 Å². The number of nitrogens with zero attached hydrogens (tertiary/aromatic N) is 18. The highest BCUT2D eigenvalue weighted by Gasteiger charge is 2.51. The molecule has 12 aromatic rings. The molecule has 6 fully saturated rings. The summed E-state index contributed by atoms with van der Waals surface area (Å²) in [5, 5.41) is 61.4. The van der Waals surface area contributed by atoms with Crippen LogP contribution < -0.4 is 33.4 Å². The molecular weight excluding hydrogens is 2100 g/mol. The first-order chi connectivity index (χ1) is 67.6. The Morgan fingerprint density at radius 2 is 0.545 bits per heavy atom. The molecule has 18 heterocycles. The topological polar surface area (TPSA) is 567 Å². The summed E-state index contributed by atoms with van der Waals surface area (Å²) < 4.78 is 65.9. The fourth-order valence-electron chi connectivity index (χ4n) is 17.7. The number of hydrogen-bond acceptors (Lipinski definition) is 31. The van der Waals surface area contributed by atoms with Crippen LogP contribution in [-0.2, 0) is 33.2 Å². The lowest BCUT2D eigenvalue weighted by Crippen LogP contribution is -2.33. The zero-order chi connectivity index (χ0) is 107. The second-order valence-corrected chi connectivity index (χ2v) is 70.2. The Morgan fingerprint density at radius 3 is 0.821 bits per heavy atom. The summed E-state index contributed by atoms with van der Waals surface area (Å²) in [7, 11) is 1.54. The Kier molecular flexibility index (Phi) is 36.2. The first-order valence-electron chi connectivity index (χ1n) is 47.3. The van der Waals surface area contributed by atoms with Crippen molar-refractivity contribution < 1.29 is 68.2 Å². The number of aryl methyl sites for hydroxylation is 6. The Bertz CT molecular complexity index is 6550. The van der Waals surface area contributed by atoms with E-state index in [9.17, 15) is 63.8 Å². The average molecular weight is 2240 g/mol. The van der Waals surface area contributed by atoms with Crippen molar-refractivity contribution >= 4 is 185 Å². The van der Waals surface area contributed by atoms with Crippen molar-refractivity contribution in [3.63, 3.8) is 0 Å². The largest absolute Gasteiger partial charge is 0.390 e. The molecule has 798 valence electrons. The van der Waals surface area contributed by atoms with E-state index in [0.29, 0.717) is 94.4 Å². The van der Waals surface area contributed by atoms with Gasteiger partial charge in [-0.1, -0.05) is 22.9 Å². The predicted molar refractivity (Wildman–Crippen MR) is 586 cm³/mol. The fraction of sp³-hybridized carbons (Fsp3) is 0.609. The minimum Gasteiger partial charge on any atom is -0.390 e. The van der Waals surface area contributed by atoms with Gasteiger partial charge in [-0.05, 0) is 197 Å². The smallest absolute Gasteiger partial charge is 0.279 e. The zero-order valence-corrected chi connectivity index (χ0v) is 93.7. The molecule has 0 radical (unpaired) electrons. The number of fused-ring (bicyclic) bond motifs is 6. The number of H-pyrrole nitrogens is 6. The van der Waals surface area contributed by atoms with Crippen LogP contribution in [0.5, 0.6) is 0 Å². The first-order valence-corrected chi connectivity index (χ1v) is 67.4. The van der Waals surface area contributed by atoms with Gasteiger partial charge in [0.2, 0.25) is 0 Å². The molecule has 0 aliphatic carbocycles. The number of alkyl halides is 4. The number of halogens is 4. The molecule has 6 saturated heterocycles. The molecule has 53 heteroatoms. The van der Waals surface area contributed by atoms with Crippen molar-refractivity contribution in [2.75, 3.05) is 124 Å². The molecule has 12 aromatic heterocycles. The summed E-state index contributed by atoms with van der Waals surface area (Å²) >= 11 is 16.3. The van der Waals surface area contributed by atoms with Gasteiger partial charge >= 0.3 is 0 Å². The maximum Gasteiger partial charge on any atom is 0.279 e. The monoisotopic (exact) mass is 2240 g/mol. The number of ether oxygens (including phenoxy) is 7. The van der Waals surface area contributed by atoms with Gasteiger partial charge in [0.25, 0.3) is 33.4 Å². The second-order valence-electron chi connectivity index (χ2n) is 42.2. The van der Waals surface area contributed by atoms with Crippen LogP contribution in [0.4, 0.5) is 4.39 Å². The van der Waals surface area contributed by atoms with Gasteiger partial charge in [0.15, 0.2) is 104 Å². The van der Waals surface area contributed by atoms with E-state index in [2.05, 4.69) is 223 Å². The third-order valence-corrected chi connectivity index (χ3v) is 36.3. The second kappa shape index (κ2) is 45.9. The van der Waals surface area contributed by atoms with E-state index in [4.69, 9.17) is 56.4 Å². The summed E-state index contributed by atoms with van der Waals surface area (Å²) in [4.78, 5) is 138. The maximum atomic E-state index is 14.6. The van der Waals surface area contributed by atoms with Crippen molar-refractivity contribution in [3.8, 4) is 0 Å². The molecule has 6 unspecified atom stereocenters. The van der Waals surface area contributed by atoms with Crippen LogP contribution in [-0.4, -0.2) is 411 Å². The highest BCUT2D eigenvalue weighted by atomic mass is 79.9. The van der Waals surface area contributed by atoms with Crippen LogP contribution in [0, 0.1) is 47.5 Å². The lowest BCUT2D eigenvalue weighted by atomic mass is 10.0. The lowest BCUT2D eigenvalue weighted by molar-refractivity contribution is -0.0496. The van der Waals surface area contributed by atoms with Crippen LogP contribution in [0.3, 0.4) is 0 Å². The number of rotatable bonds is 25. The molecule has 0 amide bonds. The van der Waals surface area contributed by atoms with Crippen LogP contribution in [0.1, 0.15) is 118 Å². The van der Waals surface area contributed by atoms with Gasteiger partial charge in [-0.15, -0.1) is 102 Å². The minimum absolute atomic E-state index is 0.111. The number of methoxy groups -OCH3 is 1. The van der Waals surface area contributed by atoms with Crippen LogP contribution >= 0.6 is 80.4 Å². The standard InChI is InChI=1S/C16H25N4O4P.C16H25N4O3P.C15H22BrN4O3P.2C15H22ClN4O3P.C15H22FN4O3P/c1-9-18-14-11(15(22)19-9)17-8-20(14)16-13(23-2)12(21)10(24-16)6-7-25(3,4)5;1-9-13(21)11(6-7-24(3,4)5)23-16(9)20-8-17-12-14(20)18-10(2)19-15(12)22;4*1-8-18-13-11(14(22)19-8)17-7-20(13)15-10(16)12(21)9(23-15)5-6-24(2,3)4/h8,10,12-13,16,21H,3,6-7H2,1-2,4-5H3,(H,18,19,22);8-9,11,13,16,21H,3,6-7H2,1-2,4-5H3,(H,18,19,22);4*7,9-10,12,15,21H,2,5-6H2,1,3-4H3,(H,18,19,22)/t10-,12-,13-,16?;9-,11-,13+,16?;4*9-,10-,12-,15?/m111111/s1. The Labute approximate surface area is 855 Å². The van der Waals surface area contributed by atoms with E-state index in [1.165, 1.54) is 37.0 Å². The summed E-state index contributed by atoms with van der Waals surface area (Å²) in [6.07, 6.45) is 30.9. The number of aliphatic hydroxyl groups is 6. The van der Waals surface area contributed by atoms with Gasteiger partial charge in [0.05, 0.1) is 91.6 Å². The number of nitrogens with one attached hydrogen (secondary N) is 6.